The summed E-state index contributed by atoms with van der Waals surface area (Å²) < 4.78 is 63.4. The first-order valence-electron chi connectivity index (χ1n) is 14.6. The van der Waals surface area contributed by atoms with Crippen molar-refractivity contribution in [3.63, 3.8) is 0 Å². The van der Waals surface area contributed by atoms with E-state index in [1.54, 1.807) is 30.5 Å². The maximum Gasteiger partial charge on any atom is 0.217 e. The smallest absolute Gasteiger partial charge is 0.217 e. The lowest BCUT2D eigenvalue weighted by Crippen LogP contribution is -2.49. The van der Waals surface area contributed by atoms with Crippen LogP contribution in [0.3, 0.4) is 0 Å². The van der Waals surface area contributed by atoms with Gasteiger partial charge < -0.3 is 14.5 Å². The number of anilines is 4. The number of sulfonamides is 1. The quantitative estimate of drug-likeness (QED) is 0.252. The van der Waals surface area contributed by atoms with Crippen LogP contribution < -0.4 is 14.9 Å². The van der Waals surface area contributed by atoms with Crippen LogP contribution >= 0.6 is 0 Å². The van der Waals surface area contributed by atoms with Gasteiger partial charge in [0.15, 0.2) is 0 Å². The Morgan fingerprint density at radius 2 is 1.68 bits per heavy atom. The lowest BCUT2D eigenvalue weighted by molar-refractivity contribution is 0.122. The third kappa shape index (κ3) is 6.23. The van der Waals surface area contributed by atoms with Gasteiger partial charge in [-0.15, -0.1) is 0 Å². The molecule has 2 fully saturated rings. The Morgan fingerprint density at radius 3 is 2.45 bits per heavy atom. The van der Waals surface area contributed by atoms with Gasteiger partial charge >= 0.3 is 0 Å². The summed E-state index contributed by atoms with van der Waals surface area (Å²) in [5.41, 5.74) is 3.12. The van der Waals surface area contributed by atoms with Crippen molar-refractivity contribution in [3.8, 4) is 0 Å². The summed E-state index contributed by atoms with van der Waals surface area (Å²) in [6.07, 6.45) is 6.19. The Morgan fingerprint density at radius 1 is 0.955 bits per heavy atom. The van der Waals surface area contributed by atoms with E-state index in [1.807, 2.05) is 36.1 Å². The van der Waals surface area contributed by atoms with E-state index in [9.17, 15) is 12.8 Å². The van der Waals surface area contributed by atoms with Crippen LogP contribution in [-0.4, -0.2) is 80.9 Å². The molecule has 0 spiro atoms. The summed E-state index contributed by atoms with van der Waals surface area (Å²) in [6.45, 7) is 5.77. The first-order valence-corrected chi connectivity index (χ1v) is 16.2. The van der Waals surface area contributed by atoms with Crippen LogP contribution in [0.5, 0.6) is 0 Å². The molecule has 6 rings (SSSR count). The topological polar surface area (TPSA) is 82.1 Å². The van der Waals surface area contributed by atoms with Crippen molar-refractivity contribution >= 4 is 49.9 Å². The molecular weight excluding hydrogens is 586 g/mol. The molecule has 4 aromatic rings. The summed E-state index contributed by atoms with van der Waals surface area (Å²) in [7, 11) is -3.60. The number of pyridine rings is 2. The van der Waals surface area contributed by atoms with Crippen LogP contribution in [0.25, 0.3) is 17.0 Å². The number of benzene rings is 2. The van der Waals surface area contributed by atoms with Crippen LogP contribution in [0.4, 0.5) is 31.8 Å². The summed E-state index contributed by atoms with van der Waals surface area (Å²) in [6, 6.07) is 15.4. The summed E-state index contributed by atoms with van der Waals surface area (Å²) in [4.78, 5) is 13.3. The Balaban J connectivity index is 1.22. The molecular formula is C32H34F2N6O3S. The molecule has 0 N–H and O–H groups in total. The minimum Gasteiger partial charge on any atom is -0.378 e. The summed E-state index contributed by atoms with van der Waals surface area (Å²) >= 11 is 0. The van der Waals surface area contributed by atoms with Gasteiger partial charge in [-0.25, -0.2) is 17.8 Å². The van der Waals surface area contributed by atoms with Gasteiger partial charge in [0.2, 0.25) is 10.0 Å². The van der Waals surface area contributed by atoms with Crippen LogP contribution in [0, 0.1) is 12.7 Å². The number of piperazine rings is 1. The molecule has 0 unspecified atom stereocenters. The number of morpholine rings is 1. The molecule has 0 radical (unpaired) electrons. The molecule has 9 nitrogen and oxygen atoms in total. The van der Waals surface area contributed by atoms with Gasteiger partial charge in [-0.3, -0.25) is 4.98 Å². The summed E-state index contributed by atoms with van der Waals surface area (Å²) in [5, 5.41) is 1.33. The van der Waals surface area contributed by atoms with E-state index in [1.165, 1.54) is 28.7 Å². The molecule has 230 valence electrons. The fraction of sp³-hybridized carbons (Fsp3) is 0.312. The number of halogens is 2. The van der Waals surface area contributed by atoms with Gasteiger partial charge in [0.05, 0.1) is 53.9 Å². The van der Waals surface area contributed by atoms with E-state index < -0.39 is 15.8 Å². The van der Waals surface area contributed by atoms with E-state index in [0.29, 0.717) is 83.7 Å². The molecule has 0 atom stereocenters. The van der Waals surface area contributed by atoms with Gasteiger partial charge in [-0.05, 0) is 25.1 Å². The molecule has 0 aliphatic carbocycles. The van der Waals surface area contributed by atoms with E-state index in [4.69, 9.17) is 9.72 Å². The first-order chi connectivity index (χ1) is 21.3. The Kier molecular flexibility index (Phi) is 8.74. The zero-order chi connectivity index (χ0) is 30.7. The number of nitrogens with zero attached hydrogens (tertiary/aromatic N) is 6. The van der Waals surface area contributed by atoms with Crippen molar-refractivity contribution in [1.29, 1.82) is 0 Å². The maximum atomic E-state index is 16.4. The molecule has 0 amide bonds. The van der Waals surface area contributed by atoms with E-state index in [-0.39, 0.29) is 18.8 Å². The second-order valence-corrected chi connectivity index (χ2v) is 12.8. The molecule has 0 saturated carbocycles. The molecule has 2 aliphatic heterocycles. The standard InChI is InChI=1S/C32H34F2N6O3S/c1-24-31(40(34)27-21-26(22-35-23-27)37-16-18-43-19-17-37)28-9-3-5-11-30(28)36-32(24)38-12-14-39(15-13-38)44(41,42)20-6-8-25-7-2-4-10-29(25)33/h2-11,21-23H,12-20H2,1H3. The average molecular weight is 621 g/mol. The second kappa shape index (κ2) is 12.8. The number of hydrogen-bond donors (Lipinski definition) is 0. The summed E-state index contributed by atoms with van der Waals surface area (Å²) in [5.74, 6) is -0.0250. The Labute approximate surface area is 256 Å². The molecule has 44 heavy (non-hydrogen) atoms. The van der Waals surface area contributed by atoms with Crippen LogP contribution in [0.2, 0.25) is 0 Å². The fourth-order valence-corrected chi connectivity index (χ4v) is 6.95. The molecule has 2 saturated heterocycles. The van der Waals surface area contributed by atoms with Crippen molar-refractivity contribution in [2.75, 3.05) is 73.2 Å². The molecule has 4 heterocycles. The van der Waals surface area contributed by atoms with Gasteiger partial charge in [-0.1, -0.05) is 53.0 Å². The molecule has 2 aromatic carbocycles. The van der Waals surface area contributed by atoms with Crippen LogP contribution in [0.15, 0.2) is 73.1 Å². The number of hydrogen-bond acceptors (Lipinski definition) is 8. The highest BCUT2D eigenvalue weighted by atomic mass is 32.2. The molecule has 2 aromatic heterocycles. The van der Waals surface area contributed by atoms with E-state index in [0.717, 1.165) is 5.69 Å². The van der Waals surface area contributed by atoms with Gasteiger partial charge in [0.1, 0.15) is 11.6 Å². The lowest BCUT2D eigenvalue weighted by Gasteiger charge is -2.36. The lowest BCUT2D eigenvalue weighted by atomic mass is 10.1. The minimum atomic E-state index is -3.60. The fourth-order valence-electron chi connectivity index (χ4n) is 5.68. The normalized spacial score (nSPS) is 16.6. The number of para-hydroxylation sites is 1. The first kappa shape index (κ1) is 29.9. The average Bonchev–Trinajstić information content (AvgIpc) is 3.05. The van der Waals surface area contributed by atoms with Crippen LogP contribution in [-0.2, 0) is 14.8 Å². The number of fused-ring (bicyclic) bond motifs is 1. The molecule has 2 aliphatic rings. The highest BCUT2D eigenvalue weighted by Crippen LogP contribution is 2.40. The minimum absolute atomic E-state index is 0.229. The largest absolute Gasteiger partial charge is 0.378 e. The number of aromatic nitrogens is 2. The predicted octanol–water partition coefficient (Wildman–Crippen LogP) is 5.10. The second-order valence-electron chi connectivity index (χ2n) is 10.8. The SMILES string of the molecule is Cc1c(N2CCN(S(=O)(=O)CC=Cc3ccccc3F)CC2)nc2ccccc2c1N(F)c1cncc(N2CCOCC2)c1. The Hall–Kier alpha value is -4.13. The third-order valence-corrected chi connectivity index (χ3v) is 9.79. The molecule has 12 heteroatoms. The monoisotopic (exact) mass is 620 g/mol. The Bertz CT molecular complexity index is 1770. The number of ether oxygens (including phenoxy) is 1. The number of rotatable bonds is 8. The van der Waals surface area contributed by atoms with E-state index in [2.05, 4.69) is 9.88 Å². The van der Waals surface area contributed by atoms with Gasteiger partial charge in [-0.2, -0.15) is 9.43 Å². The van der Waals surface area contributed by atoms with Gasteiger partial charge in [0, 0.05) is 55.8 Å². The highest BCUT2D eigenvalue weighted by molar-refractivity contribution is 7.89. The van der Waals surface area contributed by atoms with E-state index >= 15 is 4.48 Å². The van der Waals surface area contributed by atoms with Crippen molar-refractivity contribution in [2.24, 2.45) is 0 Å². The van der Waals surface area contributed by atoms with Crippen molar-refractivity contribution < 1.29 is 22.0 Å². The maximum absolute atomic E-state index is 16.4. The third-order valence-electron chi connectivity index (χ3n) is 8.03. The van der Waals surface area contributed by atoms with Crippen LogP contribution in [0.1, 0.15) is 11.1 Å². The highest BCUT2D eigenvalue weighted by Gasteiger charge is 2.29. The van der Waals surface area contributed by atoms with Gasteiger partial charge in [0.25, 0.3) is 0 Å². The predicted molar refractivity (Wildman–Crippen MR) is 170 cm³/mol. The van der Waals surface area contributed by atoms with Crippen molar-refractivity contribution in [2.45, 2.75) is 6.92 Å². The zero-order valence-electron chi connectivity index (χ0n) is 24.4. The van der Waals surface area contributed by atoms with Crippen molar-refractivity contribution in [1.82, 2.24) is 14.3 Å². The van der Waals surface area contributed by atoms with Crippen molar-refractivity contribution in [3.05, 3.63) is 90.0 Å². The molecule has 0 bridgehead atoms. The zero-order valence-corrected chi connectivity index (χ0v) is 25.3.